The van der Waals surface area contributed by atoms with Gasteiger partial charge in [0.25, 0.3) is 5.56 Å². The first-order chi connectivity index (χ1) is 15.4. The van der Waals surface area contributed by atoms with Crippen molar-refractivity contribution >= 4 is 29.2 Å². The van der Waals surface area contributed by atoms with Crippen molar-refractivity contribution < 1.29 is 9.53 Å². The lowest BCUT2D eigenvalue weighted by Gasteiger charge is -2.24. The minimum Gasteiger partial charge on any atom is -0.463 e. The molecule has 0 spiro atoms. The Morgan fingerprint density at radius 1 is 1.16 bits per heavy atom. The SMILES string of the molecule is CCOC(=O)C1=C(C)N=c2s/c(=C\Nc3ccc(C)c(C)c3)c(=O)n2[C@H]1c1ccccc1. The second-order valence-corrected chi connectivity index (χ2v) is 8.67. The van der Waals surface area contributed by atoms with Gasteiger partial charge in [-0.3, -0.25) is 9.36 Å². The second kappa shape index (κ2) is 8.96. The van der Waals surface area contributed by atoms with Gasteiger partial charge in [-0.2, -0.15) is 0 Å². The molecule has 2 aromatic carbocycles. The summed E-state index contributed by atoms with van der Waals surface area (Å²) in [6, 6.07) is 15.0. The highest BCUT2D eigenvalue weighted by Crippen LogP contribution is 2.30. The van der Waals surface area contributed by atoms with Crippen LogP contribution in [-0.4, -0.2) is 17.1 Å². The van der Waals surface area contributed by atoms with Crippen molar-refractivity contribution in [2.24, 2.45) is 4.99 Å². The highest BCUT2D eigenvalue weighted by atomic mass is 32.1. The average Bonchev–Trinajstić information content (AvgIpc) is 3.09. The predicted molar refractivity (Wildman–Crippen MR) is 127 cm³/mol. The third-order valence-corrected chi connectivity index (χ3v) is 6.49. The molecule has 0 saturated carbocycles. The molecule has 0 aliphatic carbocycles. The number of anilines is 1. The second-order valence-electron chi connectivity index (χ2n) is 7.66. The fourth-order valence-corrected chi connectivity index (χ4v) is 4.69. The van der Waals surface area contributed by atoms with Crippen LogP contribution in [0.4, 0.5) is 5.69 Å². The number of aryl methyl sites for hydroxylation is 2. The van der Waals surface area contributed by atoms with Gasteiger partial charge >= 0.3 is 5.97 Å². The fraction of sp³-hybridized carbons (Fsp3) is 0.240. The number of hydrogen-bond acceptors (Lipinski definition) is 6. The number of fused-ring (bicyclic) bond motifs is 1. The summed E-state index contributed by atoms with van der Waals surface area (Å²) in [5.41, 5.74) is 4.87. The molecule has 3 aromatic rings. The van der Waals surface area contributed by atoms with E-state index in [0.717, 1.165) is 11.3 Å². The van der Waals surface area contributed by atoms with E-state index in [2.05, 4.69) is 17.2 Å². The van der Waals surface area contributed by atoms with E-state index in [1.165, 1.54) is 22.5 Å². The number of nitrogens with zero attached hydrogens (tertiary/aromatic N) is 2. The molecule has 7 heteroatoms. The third-order valence-electron chi connectivity index (χ3n) is 5.51. The molecule has 0 amide bonds. The quantitative estimate of drug-likeness (QED) is 0.608. The Kier molecular flexibility index (Phi) is 6.10. The molecule has 0 fully saturated rings. The van der Waals surface area contributed by atoms with Crippen molar-refractivity contribution in [3.8, 4) is 0 Å². The van der Waals surface area contributed by atoms with Crippen molar-refractivity contribution in [1.82, 2.24) is 4.57 Å². The van der Waals surface area contributed by atoms with Gasteiger partial charge in [-0.05, 0) is 56.5 Å². The summed E-state index contributed by atoms with van der Waals surface area (Å²) in [6.45, 7) is 7.91. The molecule has 0 bridgehead atoms. The van der Waals surface area contributed by atoms with Gasteiger partial charge in [0.1, 0.15) is 4.53 Å². The Balaban J connectivity index is 1.84. The zero-order chi connectivity index (χ0) is 22.8. The van der Waals surface area contributed by atoms with Crippen LogP contribution >= 0.6 is 11.3 Å². The molecule has 0 radical (unpaired) electrons. The predicted octanol–water partition coefficient (Wildman–Crippen LogP) is 3.44. The maximum Gasteiger partial charge on any atom is 0.338 e. The molecule has 1 atom stereocenters. The number of esters is 1. The zero-order valence-electron chi connectivity index (χ0n) is 18.5. The van der Waals surface area contributed by atoms with Gasteiger partial charge < -0.3 is 10.1 Å². The Labute approximate surface area is 190 Å². The Bertz CT molecular complexity index is 1380. The van der Waals surface area contributed by atoms with E-state index < -0.39 is 12.0 Å². The maximum absolute atomic E-state index is 13.4. The molecule has 1 N–H and O–H groups in total. The first kappa shape index (κ1) is 21.8. The van der Waals surface area contributed by atoms with E-state index in [1.54, 1.807) is 24.6 Å². The highest BCUT2D eigenvalue weighted by molar-refractivity contribution is 7.07. The summed E-state index contributed by atoms with van der Waals surface area (Å²) in [5.74, 6) is -0.454. The number of carbonyl (C=O) groups is 1. The summed E-state index contributed by atoms with van der Waals surface area (Å²) in [6.07, 6.45) is 1.71. The van der Waals surface area contributed by atoms with Crippen LogP contribution < -0.4 is 20.2 Å². The Morgan fingerprint density at radius 2 is 1.91 bits per heavy atom. The Morgan fingerprint density at radius 3 is 2.59 bits per heavy atom. The molecule has 0 unspecified atom stereocenters. The summed E-state index contributed by atoms with van der Waals surface area (Å²) >= 11 is 1.30. The lowest BCUT2D eigenvalue weighted by atomic mass is 9.96. The van der Waals surface area contributed by atoms with Gasteiger partial charge in [-0.15, -0.1) is 0 Å². The number of benzene rings is 2. The average molecular weight is 448 g/mol. The van der Waals surface area contributed by atoms with Gasteiger partial charge in [0.05, 0.1) is 23.9 Å². The highest BCUT2D eigenvalue weighted by Gasteiger charge is 2.33. The molecule has 2 heterocycles. The van der Waals surface area contributed by atoms with Crippen LogP contribution in [0.5, 0.6) is 0 Å². The van der Waals surface area contributed by atoms with E-state index in [0.29, 0.717) is 20.6 Å². The molecule has 164 valence electrons. The van der Waals surface area contributed by atoms with Crippen LogP contribution in [0.2, 0.25) is 0 Å². The molecule has 6 nitrogen and oxygen atoms in total. The third kappa shape index (κ3) is 4.03. The number of thiazole rings is 1. The van der Waals surface area contributed by atoms with Crippen molar-refractivity contribution in [2.75, 3.05) is 11.9 Å². The smallest absolute Gasteiger partial charge is 0.338 e. The summed E-state index contributed by atoms with van der Waals surface area (Å²) in [5, 5.41) is 3.22. The Hall–Kier alpha value is -3.45. The number of aromatic nitrogens is 1. The number of allylic oxidation sites excluding steroid dienone is 1. The number of rotatable bonds is 5. The van der Waals surface area contributed by atoms with E-state index >= 15 is 0 Å². The number of hydrogen-bond donors (Lipinski definition) is 1. The van der Waals surface area contributed by atoms with Crippen molar-refractivity contribution in [1.29, 1.82) is 0 Å². The molecule has 32 heavy (non-hydrogen) atoms. The van der Waals surface area contributed by atoms with Gasteiger partial charge in [0.2, 0.25) is 0 Å². The van der Waals surface area contributed by atoms with Crippen LogP contribution in [-0.2, 0) is 9.53 Å². The lowest BCUT2D eigenvalue weighted by molar-refractivity contribution is -0.139. The summed E-state index contributed by atoms with van der Waals surface area (Å²) in [4.78, 5) is 31.4. The minimum atomic E-state index is -0.588. The van der Waals surface area contributed by atoms with Gasteiger partial charge in [0.15, 0.2) is 4.80 Å². The molecular weight excluding hydrogens is 422 g/mol. The minimum absolute atomic E-state index is 0.201. The van der Waals surface area contributed by atoms with E-state index in [1.807, 2.05) is 55.5 Å². The standard InChI is InChI=1S/C25H25N3O3S/c1-5-31-24(30)21-17(4)27-25-28(22(21)18-9-7-6-8-10-18)23(29)20(32-25)14-26-19-12-11-15(2)16(3)13-19/h6-14,22,26H,5H2,1-4H3/b20-14-/t22-/m0/s1. The first-order valence-electron chi connectivity index (χ1n) is 10.5. The monoisotopic (exact) mass is 447 g/mol. The fourth-order valence-electron chi connectivity index (χ4n) is 3.72. The number of carbonyl (C=O) groups excluding carboxylic acids is 1. The van der Waals surface area contributed by atoms with Crippen LogP contribution in [0.1, 0.15) is 36.6 Å². The zero-order valence-corrected chi connectivity index (χ0v) is 19.3. The molecule has 1 aromatic heterocycles. The van der Waals surface area contributed by atoms with E-state index in [4.69, 9.17) is 4.74 Å². The number of ether oxygens (including phenoxy) is 1. The van der Waals surface area contributed by atoms with Crippen molar-refractivity contribution in [3.05, 3.63) is 96.2 Å². The van der Waals surface area contributed by atoms with Crippen LogP contribution in [0.15, 0.2) is 69.6 Å². The number of nitrogens with one attached hydrogen (secondary N) is 1. The van der Waals surface area contributed by atoms with Gasteiger partial charge in [-0.1, -0.05) is 47.7 Å². The molecule has 0 saturated heterocycles. The van der Waals surface area contributed by atoms with Crippen molar-refractivity contribution in [2.45, 2.75) is 33.7 Å². The van der Waals surface area contributed by atoms with Crippen LogP contribution in [0.25, 0.3) is 6.20 Å². The van der Waals surface area contributed by atoms with Gasteiger partial charge in [-0.25, -0.2) is 9.79 Å². The molecule has 1 aliphatic heterocycles. The summed E-state index contributed by atoms with van der Waals surface area (Å²) in [7, 11) is 0. The van der Waals surface area contributed by atoms with E-state index in [9.17, 15) is 9.59 Å². The largest absolute Gasteiger partial charge is 0.463 e. The van der Waals surface area contributed by atoms with Crippen LogP contribution in [0, 0.1) is 13.8 Å². The maximum atomic E-state index is 13.4. The first-order valence-corrected chi connectivity index (χ1v) is 11.3. The molecular formula is C25H25N3O3S. The van der Waals surface area contributed by atoms with Crippen molar-refractivity contribution in [3.63, 3.8) is 0 Å². The summed E-state index contributed by atoms with van der Waals surface area (Å²) < 4.78 is 7.41. The van der Waals surface area contributed by atoms with E-state index in [-0.39, 0.29) is 12.2 Å². The van der Waals surface area contributed by atoms with Crippen LogP contribution in [0.3, 0.4) is 0 Å². The topological polar surface area (TPSA) is 72.7 Å². The molecule has 1 aliphatic rings. The van der Waals surface area contributed by atoms with Gasteiger partial charge in [0, 0.05) is 11.9 Å². The molecule has 4 rings (SSSR count). The lowest BCUT2D eigenvalue weighted by Crippen LogP contribution is -2.40. The normalized spacial score (nSPS) is 15.9.